The first-order valence-corrected chi connectivity index (χ1v) is 11.5. The number of aromatic nitrogens is 2. The van der Waals surface area contributed by atoms with Crippen LogP contribution in [0, 0.1) is 13.8 Å². The van der Waals surface area contributed by atoms with Gasteiger partial charge in [-0.25, -0.2) is 9.78 Å². The highest BCUT2D eigenvalue weighted by Crippen LogP contribution is 2.36. The average molecular weight is 497 g/mol. The summed E-state index contributed by atoms with van der Waals surface area (Å²) in [7, 11) is 1.45. The van der Waals surface area contributed by atoms with Crippen molar-refractivity contribution >= 4 is 50.2 Å². The molecule has 0 atom stereocenters. The molecule has 7 nitrogen and oxygen atoms in total. The SMILES string of the molecule is COc1cc(C=C(Cl)c2nc3sc(C)c(-c4ccc(C)cc4)c3c(=O)[nH]2)ccc1OCC(=O)O. The summed E-state index contributed by atoms with van der Waals surface area (Å²) < 4.78 is 10.5. The highest BCUT2D eigenvalue weighted by molar-refractivity contribution is 7.19. The molecule has 174 valence electrons. The minimum Gasteiger partial charge on any atom is -0.493 e. The topological polar surface area (TPSA) is 102 Å². The molecule has 0 unspecified atom stereocenters. The van der Waals surface area contributed by atoms with E-state index in [4.69, 9.17) is 26.2 Å². The van der Waals surface area contributed by atoms with E-state index in [2.05, 4.69) is 9.97 Å². The second kappa shape index (κ2) is 9.70. The van der Waals surface area contributed by atoms with Crippen LogP contribution in [0.2, 0.25) is 0 Å². The number of aromatic amines is 1. The maximum atomic E-state index is 13.0. The van der Waals surface area contributed by atoms with Gasteiger partial charge in [0.05, 0.1) is 17.5 Å². The lowest BCUT2D eigenvalue weighted by molar-refractivity contribution is -0.139. The van der Waals surface area contributed by atoms with Crippen molar-refractivity contribution in [1.29, 1.82) is 0 Å². The third-order valence-electron chi connectivity index (χ3n) is 5.14. The van der Waals surface area contributed by atoms with Crippen molar-refractivity contribution in [3.63, 3.8) is 0 Å². The summed E-state index contributed by atoms with van der Waals surface area (Å²) in [5.41, 5.74) is 3.39. The Kier molecular flexibility index (Phi) is 6.72. The zero-order valence-electron chi connectivity index (χ0n) is 18.6. The van der Waals surface area contributed by atoms with Crippen molar-refractivity contribution < 1.29 is 19.4 Å². The number of methoxy groups -OCH3 is 1. The number of ether oxygens (including phenoxy) is 2. The van der Waals surface area contributed by atoms with E-state index < -0.39 is 12.6 Å². The van der Waals surface area contributed by atoms with Gasteiger partial charge in [0.25, 0.3) is 5.56 Å². The third kappa shape index (κ3) is 4.83. The molecule has 0 spiro atoms. The second-order valence-corrected chi connectivity index (χ2v) is 9.19. The van der Waals surface area contributed by atoms with Crippen LogP contribution in [-0.4, -0.2) is 34.8 Å². The van der Waals surface area contributed by atoms with Gasteiger partial charge in [-0.3, -0.25) is 4.79 Å². The number of H-pyrrole nitrogens is 1. The molecule has 0 fully saturated rings. The highest BCUT2D eigenvalue weighted by atomic mass is 35.5. The average Bonchev–Trinajstić information content (AvgIpc) is 3.14. The van der Waals surface area contributed by atoms with E-state index in [0.29, 0.717) is 27.3 Å². The molecule has 0 aliphatic carbocycles. The van der Waals surface area contributed by atoms with E-state index in [9.17, 15) is 9.59 Å². The van der Waals surface area contributed by atoms with Crippen LogP contribution in [-0.2, 0) is 4.79 Å². The standard InChI is InChI=1S/C25H21ClN2O5S/c1-13-4-7-16(8-5-13)21-14(2)34-25-22(21)24(31)27-23(28-25)17(26)10-15-6-9-18(19(11-15)32-3)33-12-20(29)30/h4-11H,12H2,1-3H3,(H,29,30)(H,27,28,31). The molecular weight excluding hydrogens is 476 g/mol. The monoisotopic (exact) mass is 496 g/mol. The zero-order valence-corrected chi connectivity index (χ0v) is 20.2. The van der Waals surface area contributed by atoms with Gasteiger partial charge in [0.15, 0.2) is 23.9 Å². The van der Waals surface area contributed by atoms with Gasteiger partial charge in [-0.2, -0.15) is 0 Å². The Labute approximate surface area is 204 Å². The Morgan fingerprint density at radius 1 is 1.18 bits per heavy atom. The molecule has 2 aromatic carbocycles. The fourth-order valence-electron chi connectivity index (χ4n) is 3.55. The quantitative estimate of drug-likeness (QED) is 0.351. The van der Waals surface area contributed by atoms with Gasteiger partial charge >= 0.3 is 5.97 Å². The number of carboxylic acids is 1. The van der Waals surface area contributed by atoms with Crippen molar-refractivity contribution in [1.82, 2.24) is 9.97 Å². The van der Waals surface area contributed by atoms with Crippen LogP contribution in [0.25, 0.3) is 32.5 Å². The van der Waals surface area contributed by atoms with Crippen molar-refractivity contribution in [3.8, 4) is 22.6 Å². The highest BCUT2D eigenvalue weighted by Gasteiger charge is 2.17. The van der Waals surface area contributed by atoms with E-state index >= 15 is 0 Å². The maximum absolute atomic E-state index is 13.0. The zero-order chi connectivity index (χ0) is 24.4. The summed E-state index contributed by atoms with van der Waals surface area (Å²) >= 11 is 7.96. The van der Waals surface area contributed by atoms with Crippen molar-refractivity contribution in [3.05, 3.63) is 74.6 Å². The number of carbonyl (C=O) groups is 1. The molecule has 0 aliphatic heterocycles. The molecule has 0 aliphatic rings. The molecule has 2 N–H and O–H groups in total. The van der Waals surface area contributed by atoms with Crippen molar-refractivity contribution in [2.75, 3.05) is 13.7 Å². The predicted molar refractivity (Wildman–Crippen MR) is 135 cm³/mol. The Hall–Kier alpha value is -3.62. The van der Waals surface area contributed by atoms with Crippen LogP contribution in [0.4, 0.5) is 0 Å². The number of rotatable bonds is 7. The fraction of sp³-hybridized carbons (Fsp3) is 0.160. The Morgan fingerprint density at radius 3 is 2.59 bits per heavy atom. The van der Waals surface area contributed by atoms with Gasteiger partial charge in [-0.1, -0.05) is 47.5 Å². The number of benzene rings is 2. The van der Waals surface area contributed by atoms with Crippen LogP contribution >= 0.6 is 22.9 Å². The van der Waals surface area contributed by atoms with Gasteiger partial charge in [0.2, 0.25) is 0 Å². The third-order valence-corrected chi connectivity index (χ3v) is 6.42. The number of nitrogens with zero attached hydrogens (tertiary/aromatic N) is 1. The van der Waals surface area contributed by atoms with E-state index in [1.807, 2.05) is 38.1 Å². The molecule has 0 radical (unpaired) electrons. The second-order valence-electron chi connectivity index (χ2n) is 7.58. The number of thiophene rings is 1. The summed E-state index contributed by atoms with van der Waals surface area (Å²) in [6, 6.07) is 13.0. The molecule has 2 heterocycles. The summed E-state index contributed by atoms with van der Waals surface area (Å²) in [5, 5.41) is 9.58. The first-order chi connectivity index (χ1) is 16.3. The minimum absolute atomic E-state index is 0.239. The van der Waals surface area contributed by atoms with Crippen LogP contribution in [0.1, 0.15) is 21.8 Å². The van der Waals surface area contributed by atoms with E-state index in [0.717, 1.165) is 21.6 Å². The molecule has 0 bridgehead atoms. The van der Waals surface area contributed by atoms with Gasteiger partial charge in [-0.05, 0) is 43.2 Å². The maximum Gasteiger partial charge on any atom is 0.341 e. The van der Waals surface area contributed by atoms with Gasteiger partial charge in [0, 0.05) is 10.4 Å². The summed E-state index contributed by atoms with van der Waals surface area (Å²) in [6.07, 6.45) is 1.64. The lowest BCUT2D eigenvalue weighted by Crippen LogP contribution is -2.10. The molecule has 0 amide bonds. The molecule has 0 saturated heterocycles. The lowest BCUT2D eigenvalue weighted by Gasteiger charge is -2.10. The van der Waals surface area contributed by atoms with E-state index in [-0.39, 0.29) is 16.4 Å². The van der Waals surface area contributed by atoms with Crippen LogP contribution in [0.3, 0.4) is 0 Å². The molecule has 2 aromatic heterocycles. The van der Waals surface area contributed by atoms with Crippen LogP contribution < -0.4 is 15.0 Å². The molecule has 4 rings (SSSR count). The molecular formula is C25H21ClN2O5S. The predicted octanol–water partition coefficient (Wildman–Crippen LogP) is 5.48. The normalized spacial score (nSPS) is 11.6. The number of aryl methyl sites for hydroxylation is 2. The van der Waals surface area contributed by atoms with Gasteiger partial charge < -0.3 is 19.6 Å². The first-order valence-electron chi connectivity index (χ1n) is 10.3. The van der Waals surface area contributed by atoms with Crippen LogP contribution in [0.15, 0.2) is 47.3 Å². The Balaban J connectivity index is 1.71. The number of halogens is 1. The minimum atomic E-state index is -1.09. The number of carboxylic acid groups (broad SMARTS) is 1. The molecule has 9 heteroatoms. The largest absolute Gasteiger partial charge is 0.493 e. The van der Waals surface area contributed by atoms with Gasteiger partial charge in [-0.15, -0.1) is 11.3 Å². The number of hydrogen-bond donors (Lipinski definition) is 2. The number of nitrogens with one attached hydrogen (secondary N) is 1. The van der Waals surface area contributed by atoms with Crippen molar-refractivity contribution in [2.45, 2.75) is 13.8 Å². The Morgan fingerprint density at radius 2 is 1.91 bits per heavy atom. The van der Waals surface area contributed by atoms with E-state index in [1.165, 1.54) is 18.4 Å². The van der Waals surface area contributed by atoms with Gasteiger partial charge in [0.1, 0.15) is 4.83 Å². The molecule has 0 saturated carbocycles. The molecule has 34 heavy (non-hydrogen) atoms. The summed E-state index contributed by atoms with van der Waals surface area (Å²) in [6.45, 7) is 3.50. The fourth-order valence-corrected chi connectivity index (χ4v) is 4.81. The lowest BCUT2D eigenvalue weighted by atomic mass is 10.0. The van der Waals surface area contributed by atoms with Crippen LogP contribution in [0.5, 0.6) is 11.5 Å². The summed E-state index contributed by atoms with van der Waals surface area (Å²) in [5.74, 6) is -0.188. The number of fused-ring (bicyclic) bond motifs is 1. The summed E-state index contributed by atoms with van der Waals surface area (Å²) in [4.78, 5) is 32.8. The first kappa shape index (κ1) is 23.5. The number of aliphatic carboxylic acids is 1. The smallest absolute Gasteiger partial charge is 0.341 e. The Bertz CT molecular complexity index is 1470. The van der Waals surface area contributed by atoms with Crippen molar-refractivity contribution in [2.24, 2.45) is 0 Å². The molecule has 4 aromatic rings. The number of hydrogen-bond acceptors (Lipinski definition) is 6. The van der Waals surface area contributed by atoms with E-state index in [1.54, 1.807) is 24.3 Å².